The molecule has 1 atom stereocenters. The third kappa shape index (κ3) is 3.87. The van der Waals surface area contributed by atoms with Crippen molar-refractivity contribution in [2.45, 2.75) is 51.0 Å². The van der Waals surface area contributed by atoms with E-state index in [2.05, 4.69) is 4.72 Å². The van der Waals surface area contributed by atoms with Crippen LogP contribution in [0, 0.1) is 13.8 Å². The van der Waals surface area contributed by atoms with Crippen molar-refractivity contribution in [2.75, 3.05) is 13.1 Å². The molecule has 1 fully saturated rings. The summed E-state index contributed by atoms with van der Waals surface area (Å²) in [4.78, 5) is 14.3. The largest absolute Gasteiger partial charge is 0.341 e. The maximum Gasteiger partial charge on any atom is 0.241 e. The lowest BCUT2D eigenvalue weighted by Gasteiger charge is -2.29. The number of sulfonamides is 1. The fourth-order valence-corrected chi connectivity index (χ4v) is 4.26. The van der Waals surface area contributed by atoms with Gasteiger partial charge in [0.1, 0.15) is 0 Å². The first-order valence-corrected chi connectivity index (χ1v) is 9.18. The summed E-state index contributed by atoms with van der Waals surface area (Å²) in [5.74, 6) is -0.145. The zero-order valence-corrected chi connectivity index (χ0v) is 14.2. The summed E-state index contributed by atoms with van der Waals surface area (Å²) in [5.41, 5.74) is 1.55. The molecule has 0 aliphatic carbocycles. The van der Waals surface area contributed by atoms with Gasteiger partial charge in [0.2, 0.25) is 15.9 Å². The first-order valence-electron chi connectivity index (χ1n) is 7.69. The van der Waals surface area contributed by atoms with E-state index in [1.54, 1.807) is 30.9 Å². The number of piperidine rings is 1. The summed E-state index contributed by atoms with van der Waals surface area (Å²) in [6.45, 7) is 6.65. The van der Waals surface area contributed by atoms with E-state index in [-0.39, 0.29) is 10.8 Å². The standard InChI is InChI=1S/C16H24N2O3S/c1-12-7-8-13(2)15(11-12)22(20,21)17-14(3)16(19)18-9-5-4-6-10-18/h7-8,11,14,17H,4-6,9-10H2,1-3H3/t14-/m0/s1. The molecule has 1 amide bonds. The Hall–Kier alpha value is -1.40. The number of hydrogen-bond acceptors (Lipinski definition) is 3. The number of amides is 1. The van der Waals surface area contributed by atoms with Crippen molar-refractivity contribution in [3.05, 3.63) is 29.3 Å². The predicted octanol–water partition coefficient (Wildman–Crippen LogP) is 1.98. The summed E-state index contributed by atoms with van der Waals surface area (Å²) < 4.78 is 27.6. The van der Waals surface area contributed by atoms with Crippen LogP contribution in [0.25, 0.3) is 0 Å². The molecule has 0 bridgehead atoms. The molecular weight excluding hydrogens is 300 g/mol. The number of likely N-dealkylation sites (tertiary alicyclic amines) is 1. The molecule has 122 valence electrons. The molecule has 0 aromatic heterocycles. The molecule has 2 rings (SSSR count). The summed E-state index contributed by atoms with van der Waals surface area (Å²) in [6, 6.07) is 4.54. The summed E-state index contributed by atoms with van der Waals surface area (Å²) in [6.07, 6.45) is 3.11. The first-order chi connectivity index (χ1) is 10.3. The van der Waals surface area contributed by atoms with E-state index >= 15 is 0 Å². The summed E-state index contributed by atoms with van der Waals surface area (Å²) >= 11 is 0. The van der Waals surface area contributed by atoms with E-state index < -0.39 is 16.1 Å². The van der Waals surface area contributed by atoms with Crippen molar-refractivity contribution >= 4 is 15.9 Å². The number of rotatable bonds is 4. The van der Waals surface area contributed by atoms with Gasteiger partial charge in [0, 0.05) is 13.1 Å². The van der Waals surface area contributed by atoms with Crippen LogP contribution in [0.1, 0.15) is 37.3 Å². The van der Waals surface area contributed by atoms with E-state index in [0.717, 1.165) is 24.8 Å². The van der Waals surface area contributed by atoms with Gasteiger partial charge in [-0.25, -0.2) is 8.42 Å². The molecule has 5 nitrogen and oxygen atoms in total. The Bertz CT molecular complexity index is 649. The van der Waals surface area contributed by atoms with Crippen LogP contribution in [0.4, 0.5) is 0 Å². The number of nitrogens with one attached hydrogen (secondary N) is 1. The van der Waals surface area contributed by atoms with Crippen LogP contribution in [-0.2, 0) is 14.8 Å². The molecule has 1 N–H and O–H groups in total. The van der Waals surface area contributed by atoms with Gasteiger partial charge in [-0.05, 0) is 57.2 Å². The second-order valence-electron chi connectivity index (χ2n) is 6.00. The topological polar surface area (TPSA) is 66.5 Å². The van der Waals surface area contributed by atoms with Crippen molar-refractivity contribution < 1.29 is 13.2 Å². The van der Waals surface area contributed by atoms with Crippen molar-refractivity contribution in [2.24, 2.45) is 0 Å². The monoisotopic (exact) mass is 324 g/mol. The summed E-state index contributed by atoms with van der Waals surface area (Å²) in [5, 5.41) is 0. The molecule has 1 saturated heterocycles. The zero-order chi connectivity index (χ0) is 16.3. The minimum Gasteiger partial charge on any atom is -0.341 e. The van der Waals surface area contributed by atoms with Gasteiger partial charge < -0.3 is 4.90 Å². The predicted molar refractivity (Wildman–Crippen MR) is 86.1 cm³/mol. The molecule has 0 radical (unpaired) electrons. The van der Waals surface area contributed by atoms with Gasteiger partial charge in [-0.1, -0.05) is 12.1 Å². The normalized spacial score (nSPS) is 17.3. The van der Waals surface area contributed by atoms with Crippen LogP contribution < -0.4 is 4.72 Å². The molecule has 0 saturated carbocycles. The fourth-order valence-electron chi connectivity index (χ4n) is 2.73. The van der Waals surface area contributed by atoms with Gasteiger partial charge in [-0.15, -0.1) is 0 Å². The molecule has 1 heterocycles. The Kier molecular flexibility index (Phi) is 5.24. The maximum atomic E-state index is 12.5. The van der Waals surface area contributed by atoms with Crippen LogP contribution in [0.5, 0.6) is 0 Å². The van der Waals surface area contributed by atoms with E-state index in [0.29, 0.717) is 18.7 Å². The number of carbonyl (C=O) groups excluding carboxylic acids is 1. The third-order valence-electron chi connectivity index (χ3n) is 4.00. The van der Waals surface area contributed by atoms with Crippen LogP contribution in [0.15, 0.2) is 23.1 Å². The van der Waals surface area contributed by atoms with E-state index in [1.165, 1.54) is 0 Å². The second-order valence-corrected chi connectivity index (χ2v) is 7.68. The first kappa shape index (κ1) is 17.0. The molecule has 1 aliphatic heterocycles. The van der Waals surface area contributed by atoms with Crippen molar-refractivity contribution in [1.82, 2.24) is 9.62 Å². The molecule has 0 spiro atoms. The molecule has 1 aromatic rings. The van der Waals surface area contributed by atoms with Gasteiger partial charge in [-0.2, -0.15) is 4.72 Å². The number of carbonyl (C=O) groups is 1. The molecule has 0 unspecified atom stereocenters. The Morgan fingerprint density at radius 2 is 1.82 bits per heavy atom. The van der Waals surface area contributed by atoms with Crippen LogP contribution in [0.3, 0.4) is 0 Å². The van der Waals surface area contributed by atoms with Gasteiger partial charge >= 0.3 is 0 Å². The number of nitrogens with zero attached hydrogens (tertiary/aromatic N) is 1. The van der Waals surface area contributed by atoms with Crippen molar-refractivity contribution in [3.8, 4) is 0 Å². The average Bonchev–Trinajstić information content (AvgIpc) is 2.49. The summed E-state index contributed by atoms with van der Waals surface area (Å²) in [7, 11) is -3.69. The SMILES string of the molecule is Cc1ccc(C)c(S(=O)(=O)N[C@@H](C)C(=O)N2CCCCC2)c1. The molecule has 22 heavy (non-hydrogen) atoms. The fraction of sp³-hybridized carbons (Fsp3) is 0.562. The number of benzene rings is 1. The van der Waals surface area contributed by atoms with Gasteiger partial charge in [0.05, 0.1) is 10.9 Å². The van der Waals surface area contributed by atoms with Gasteiger partial charge in [-0.3, -0.25) is 4.79 Å². The molecular formula is C16H24N2O3S. The highest BCUT2D eigenvalue weighted by Crippen LogP contribution is 2.17. The van der Waals surface area contributed by atoms with Crippen LogP contribution in [-0.4, -0.2) is 38.4 Å². The molecule has 1 aliphatic rings. The van der Waals surface area contributed by atoms with E-state index in [1.807, 2.05) is 13.0 Å². The zero-order valence-electron chi connectivity index (χ0n) is 13.4. The van der Waals surface area contributed by atoms with Crippen LogP contribution in [0.2, 0.25) is 0 Å². The highest BCUT2D eigenvalue weighted by molar-refractivity contribution is 7.89. The van der Waals surface area contributed by atoms with E-state index in [9.17, 15) is 13.2 Å². The minimum absolute atomic E-state index is 0.145. The highest BCUT2D eigenvalue weighted by Gasteiger charge is 2.27. The Morgan fingerprint density at radius 1 is 1.18 bits per heavy atom. The highest BCUT2D eigenvalue weighted by atomic mass is 32.2. The van der Waals surface area contributed by atoms with Crippen molar-refractivity contribution in [1.29, 1.82) is 0 Å². The quantitative estimate of drug-likeness (QED) is 0.921. The number of aryl methyl sites for hydroxylation is 2. The molecule has 6 heteroatoms. The lowest BCUT2D eigenvalue weighted by molar-refractivity contribution is -0.133. The smallest absolute Gasteiger partial charge is 0.241 e. The average molecular weight is 324 g/mol. The van der Waals surface area contributed by atoms with Crippen molar-refractivity contribution in [3.63, 3.8) is 0 Å². The van der Waals surface area contributed by atoms with Crippen LogP contribution >= 0.6 is 0 Å². The van der Waals surface area contributed by atoms with Gasteiger partial charge in [0.25, 0.3) is 0 Å². The Labute approximate surface area is 132 Å². The van der Waals surface area contributed by atoms with Gasteiger partial charge in [0.15, 0.2) is 0 Å². The number of hydrogen-bond donors (Lipinski definition) is 1. The molecule has 1 aromatic carbocycles. The Morgan fingerprint density at radius 3 is 2.45 bits per heavy atom. The minimum atomic E-state index is -3.69. The maximum absolute atomic E-state index is 12.5. The Balaban J connectivity index is 2.13. The lowest BCUT2D eigenvalue weighted by Crippen LogP contribution is -2.48. The lowest BCUT2D eigenvalue weighted by atomic mass is 10.1. The third-order valence-corrected chi connectivity index (χ3v) is 5.69. The second kappa shape index (κ2) is 6.79. The van der Waals surface area contributed by atoms with E-state index in [4.69, 9.17) is 0 Å².